The normalized spacial score (nSPS) is 14.3. The van der Waals surface area contributed by atoms with E-state index in [0.717, 1.165) is 16.7 Å². The summed E-state index contributed by atoms with van der Waals surface area (Å²) in [5.41, 5.74) is 1.73. The van der Waals surface area contributed by atoms with E-state index in [-0.39, 0.29) is 11.6 Å². The van der Waals surface area contributed by atoms with Gasteiger partial charge in [-0.25, -0.2) is 4.98 Å². The van der Waals surface area contributed by atoms with Crippen molar-refractivity contribution >= 4 is 28.3 Å². The molecule has 1 amide bonds. The summed E-state index contributed by atoms with van der Waals surface area (Å²) in [6, 6.07) is 16.7. The minimum absolute atomic E-state index is 0.0233. The zero-order chi connectivity index (χ0) is 19.7. The Morgan fingerprint density at radius 2 is 1.75 bits per heavy atom. The number of carbonyl (C=O) groups excluding carboxylic acids is 1. The highest BCUT2D eigenvalue weighted by Crippen LogP contribution is 2.24. The van der Waals surface area contributed by atoms with Crippen molar-refractivity contribution < 1.29 is 9.72 Å². The fourth-order valence-electron chi connectivity index (χ4n) is 3.59. The van der Waals surface area contributed by atoms with Gasteiger partial charge in [0, 0.05) is 48.8 Å². The molecule has 0 bridgehead atoms. The summed E-state index contributed by atoms with van der Waals surface area (Å²) in [7, 11) is 0. The van der Waals surface area contributed by atoms with E-state index in [9.17, 15) is 14.9 Å². The number of fused-ring (bicyclic) bond motifs is 1. The van der Waals surface area contributed by atoms with Crippen LogP contribution in [0.1, 0.15) is 15.9 Å². The lowest BCUT2D eigenvalue weighted by Crippen LogP contribution is -2.49. The van der Waals surface area contributed by atoms with Gasteiger partial charge in [-0.2, -0.15) is 0 Å². The van der Waals surface area contributed by atoms with Crippen molar-refractivity contribution in [3.8, 4) is 0 Å². The molecule has 1 aromatic heterocycles. The quantitative estimate of drug-likeness (QED) is 0.517. The maximum absolute atomic E-state index is 12.9. The Morgan fingerprint density at radius 1 is 1.00 bits per heavy atom. The van der Waals surface area contributed by atoms with Crippen molar-refractivity contribution in [3.05, 3.63) is 75.8 Å². The van der Waals surface area contributed by atoms with Gasteiger partial charge in [-0.1, -0.05) is 24.3 Å². The zero-order valence-corrected chi connectivity index (χ0v) is 15.5. The highest BCUT2D eigenvalue weighted by Gasteiger charge is 2.26. The minimum atomic E-state index is -0.449. The molecule has 3 aromatic rings. The van der Waals surface area contributed by atoms with Gasteiger partial charge in [-0.3, -0.25) is 14.9 Å². The molecular weight excluding hydrogens is 356 g/mol. The van der Waals surface area contributed by atoms with E-state index in [1.54, 1.807) is 24.0 Å². The van der Waals surface area contributed by atoms with Crippen LogP contribution in [0.3, 0.4) is 0 Å². The molecule has 1 aliphatic rings. The molecule has 0 unspecified atom stereocenters. The van der Waals surface area contributed by atoms with Crippen molar-refractivity contribution in [2.45, 2.75) is 6.92 Å². The third kappa shape index (κ3) is 3.26. The molecule has 0 N–H and O–H groups in total. The van der Waals surface area contributed by atoms with Gasteiger partial charge in [-0.05, 0) is 31.2 Å². The van der Waals surface area contributed by atoms with E-state index >= 15 is 0 Å². The Bertz CT molecular complexity index is 1060. The number of carbonyl (C=O) groups is 1. The zero-order valence-electron chi connectivity index (χ0n) is 15.5. The van der Waals surface area contributed by atoms with Crippen LogP contribution in [-0.2, 0) is 0 Å². The Labute approximate surface area is 162 Å². The van der Waals surface area contributed by atoms with E-state index < -0.39 is 4.92 Å². The molecule has 4 rings (SSSR count). The van der Waals surface area contributed by atoms with Crippen molar-refractivity contribution in [2.75, 3.05) is 31.1 Å². The van der Waals surface area contributed by atoms with Gasteiger partial charge in [0.05, 0.1) is 10.4 Å². The smallest absolute Gasteiger partial charge is 0.273 e. The van der Waals surface area contributed by atoms with Crippen LogP contribution in [0.15, 0.2) is 54.6 Å². The number of piperazine rings is 1. The number of hydrogen-bond donors (Lipinski definition) is 0. The SMILES string of the molecule is Cc1c(C(=O)N2CCN(c3ccc4ccccc4n3)CC2)cccc1[N+](=O)[O-]. The van der Waals surface area contributed by atoms with E-state index in [1.165, 1.54) is 6.07 Å². The predicted molar refractivity (Wildman–Crippen MR) is 108 cm³/mol. The second kappa shape index (κ2) is 7.26. The van der Waals surface area contributed by atoms with Gasteiger partial charge in [0.2, 0.25) is 0 Å². The van der Waals surface area contributed by atoms with Crippen LogP contribution in [0.2, 0.25) is 0 Å². The van der Waals surface area contributed by atoms with E-state index in [0.29, 0.717) is 37.3 Å². The molecule has 0 spiro atoms. The molecule has 0 aliphatic carbocycles. The number of aromatic nitrogens is 1. The number of amides is 1. The molecule has 28 heavy (non-hydrogen) atoms. The lowest BCUT2D eigenvalue weighted by Gasteiger charge is -2.35. The first-order valence-electron chi connectivity index (χ1n) is 9.18. The minimum Gasteiger partial charge on any atom is -0.353 e. The van der Waals surface area contributed by atoms with E-state index in [2.05, 4.69) is 11.0 Å². The summed E-state index contributed by atoms with van der Waals surface area (Å²) in [4.78, 5) is 32.2. The Kier molecular flexibility index (Phi) is 4.65. The number of anilines is 1. The van der Waals surface area contributed by atoms with Gasteiger partial charge >= 0.3 is 0 Å². The number of hydrogen-bond acceptors (Lipinski definition) is 5. The monoisotopic (exact) mass is 376 g/mol. The first-order valence-corrected chi connectivity index (χ1v) is 9.18. The van der Waals surface area contributed by atoms with Gasteiger partial charge in [0.25, 0.3) is 11.6 Å². The maximum atomic E-state index is 12.9. The Hall–Kier alpha value is -3.48. The van der Waals surface area contributed by atoms with E-state index in [4.69, 9.17) is 4.98 Å². The first kappa shape index (κ1) is 17.9. The van der Waals surface area contributed by atoms with Crippen molar-refractivity contribution in [1.29, 1.82) is 0 Å². The van der Waals surface area contributed by atoms with Crippen molar-refractivity contribution in [1.82, 2.24) is 9.88 Å². The van der Waals surface area contributed by atoms with Gasteiger partial charge in [0.15, 0.2) is 0 Å². The van der Waals surface area contributed by atoms with Crippen LogP contribution >= 0.6 is 0 Å². The largest absolute Gasteiger partial charge is 0.353 e. The summed E-state index contributed by atoms with van der Waals surface area (Å²) in [5.74, 6) is 0.740. The lowest BCUT2D eigenvalue weighted by molar-refractivity contribution is -0.385. The number of nitro groups is 1. The average Bonchev–Trinajstić information content (AvgIpc) is 2.73. The molecule has 0 radical (unpaired) electrons. The molecule has 142 valence electrons. The molecule has 2 heterocycles. The fourth-order valence-corrected chi connectivity index (χ4v) is 3.59. The standard InChI is InChI=1S/C21H20N4O3/c1-15-17(6-4-8-19(15)25(27)28)21(26)24-13-11-23(12-14-24)20-10-9-16-5-2-3-7-18(16)22-20/h2-10H,11-14H2,1H3. The number of rotatable bonds is 3. The third-order valence-electron chi connectivity index (χ3n) is 5.21. The summed E-state index contributed by atoms with van der Waals surface area (Å²) in [5, 5.41) is 12.2. The number of para-hydroxylation sites is 1. The fraction of sp³-hybridized carbons (Fsp3) is 0.238. The first-order chi connectivity index (χ1) is 13.5. The summed E-state index contributed by atoms with van der Waals surface area (Å²) >= 11 is 0. The molecule has 1 fully saturated rings. The second-order valence-corrected chi connectivity index (χ2v) is 6.85. The third-order valence-corrected chi connectivity index (χ3v) is 5.21. The molecule has 1 saturated heterocycles. The molecule has 2 aromatic carbocycles. The molecular formula is C21H20N4O3. The molecule has 7 heteroatoms. The molecule has 7 nitrogen and oxygen atoms in total. The number of nitro benzene ring substituents is 1. The lowest BCUT2D eigenvalue weighted by atomic mass is 10.1. The van der Waals surface area contributed by atoms with Gasteiger partial charge in [0.1, 0.15) is 5.82 Å². The highest BCUT2D eigenvalue weighted by molar-refractivity contribution is 5.96. The Balaban J connectivity index is 1.48. The summed E-state index contributed by atoms with van der Waals surface area (Å²) in [6.45, 7) is 4.07. The Morgan fingerprint density at radius 3 is 2.50 bits per heavy atom. The van der Waals surface area contributed by atoms with E-state index in [1.807, 2.05) is 30.3 Å². The average molecular weight is 376 g/mol. The summed E-state index contributed by atoms with van der Waals surface area (Å²) in [6.07, 6.45) is 0. The van der Waals surface area contributed by atoms with Crippen LogP contribution in [0.4, 0.5) is 11.5 Å². The topological polar surface area (TPSA) is 79.6 Å². The highest BCUT2D eigenvalue weighted by atomic mass is 16.6. The molecule has 0 atom stereocenters. The van der Waals surface area contributed by atoms with Crippen molar-refractivity contribution in [3.63, 3.8) is 0 Å². The van der Waals surface area contributed by atoms with Crippen LogP contribution in [0, 0.1) is 17.0 Å². The van der Waals surface area contributed by atoms with Crippen LogP contribution in [0.25, 0.3) is 10.9 Å². The van der Waals surface area contributed by atoms with Gasteiger partial charge < -0.3 is 9.80 Å². The van der Waals surface area contributed by atoms with Gasteiger partial charge in [-0.15, -0.1) is 0 Å². The molecule has 1 aliphatic heterocycles. The predicted octanol–water partition coefficient (Wildman–Crippen LogP) is 3.41. The van der Waals surface area contributed by atoms with Crippen LogP contribution in [-0.4, -0.2) is 46.9 Å². The maximum Gasteiger partial charge on any atom is 0.273 e. The number of benzene rings is 2. The molecule has 0 saturated carbocycles. The summed E-state index contributed by atoms with van der Waals surface area (Å²) < 4.78 is 0. The van der Waals surface area contributed by atoms with Crippen LogP contribution < -0.4 is 4.90 Å². The number of nitrogens with zero attached hydrogens (tertiary/aromatic N) is 4. The number of pyridine rings is 1. The second-order valence-electron chi connectivity index (χ2n) is 6.85. The van der Waals surface area contributed by atoms with Crippen LogP contribution in [0.5, 0.6) is 0 Å². The van der Waals surface area contributed by atoms with Crippen molar-refractivity contribution in [2.24, 2.45) is 0 Å².